The van der Waals surface area contributed by atoms with Crippen LogP contribution in [0.3, 0.4) is 0 Å². The van der Waals surface area contributed by atoms with Gasteiger partial charge in [-0.05, 0) is 49.2 Å². The van der Waals surface area contributed by atoms with Crippen LogP contribution in [0.1, 0.15) is 29.0 Å². The third-order valence-electron chi connectivity index (χ3n) is 3.34. The van der Waals surface area contributed by atoms with E-state index >= 15 is 0 Å². The molecular weight excluding hydrogens is 376 g/mol. The molecule has 27 heavy (non-hydrogen) atoms. The maximum Gasteiger partial charge on any atom is 0.306 e. The lowest BCUT2D eigenvalue weighted by atomic mass is 10.2. The van der Waals surface area contributed by atoms with Crippen molar-refractivity contribution in [2.75, 3.05) is 13.2 Å². The van der Waals surface area contributed by atoms with Crippen LogP contribution in [0.25, 0.3) is 0 Å². The molecule has 144 valence electrons. The number of ether oxygens (including phenoxy) is 2. The number of benzene rings is 1. The summed E-state index contributed by atoms with van der Waals surface area (Å²) in [5, 5.41) is 0.627. The van der Waals surface area contributed by atoms with Gasteiger partial charge < -0.3 is 13.9 Å². The highest BCUT2D eigenvalue weighted by atomic mass is 35.5. The second-order valence-corrected chi connectivity index (χ2v) is 5.94. The van der Waals surface area contributed by atoms with Crippen LogP contribution in [0.4, 0.5) is 0 Å². The van der Waals surface area contributed by atoms with Crippen LogP contribution in [-0.2, 0) is 14.3 Å². The Labute approximate surface area is 160 Å². The standard InChI is InChI=1S/C18H19ClN2O6/c1-12-10-13(19)6-7-14(12)25-9-3-5-17(23)27-11-16(22)20-21-18(24)15-4-2-8-26-15/h2,4,6-8,10H,3,5,9,11H2,1H3,(H,20,22)(H,21,24). The van der Waals surface area contributed by atoms with Gasteiger partial charge in [0, 0.05) is 11.4 Å². The summed E-state index contributed by atoms with van der Waals surface area (Å²) in [5.41, 5.74) is 5.15. The number of hydrogen-bond acceptors (Lipinski definition) is 6. The number of carbonyl (C=O) groups is 3. The summed E-state index contributed by atoms with van der Waals surface area (Å²) in [6.07, 6.45) is 1.85. The number of halogens is 1. The van der Waals surface area contributed by atoms with Crippen molar-refractivity contribution in [1.29, 1.82) is 0 Å². The normalized spacial score (nSPS) is 10.1. The molecule has 0 aliphatic carbocycles. The first-order valence-corrected chi connectivity index (χ1v) is 8.51. The SMILES string of the molecule is Cc1cc(Cl)ccc1OCCCC(=O)OCC(=O)NNC(=O)c1ccco1. The molecule has 1 aromatic heterocycles. The van der Waals surface area contributed by atoms with E-state index in [9.17, 15) is 14.4 Å². The number of furan rings is 1. The van der Waals surface area contributed by atoms with Gasteiger partial charge in [-0.2, -0.15) is 0 Å². The van der Waals surface area contributed by atoms with E-state index in [0.29, 0.717) is 23.8 Å². The first-order chi connectivity index (χ1) is 13.0. The molecule has 1 heterocycles. The topological polar surface area (TPSA) is 107 Å². The van der Waals surface area contributed by atoms with E-state index in [-0.39, 0.29) is 12.2 Å². The van der Waals surface area contributed by atoms with Crippen molar-refractivity contribution in [3.63, 3.8) is 0 Å². The molecule has 0 bridgehead atoms. The van der Waals surface area contributed by atoms with Crippen LogP contribution in [0.15, 0.2) is 41.0 Å². The van der Waals surface area contributed by atoms with E-state index in [2.05, 4.69) is 10.9 Å². The number of esters is 1. The lowest BCUT2D eigenvalue weighted by molar-refractivity contribution is -0.148. The highest BCUT2D eigenvalue weighted by Crippen LogP contribution is 2.21. The van der Waals surface area contributed by atoms with Crippen molar-refractivity contribution < 1.29 is 28.3 Å². The van der Waals surface area contributed by atoms with E-state index in [0.717, 1.165) is 5.56 Å². The molecule has 8 nitrogen and oxygen atoms in total. The quantitative estimate of drug-likeness (QED) is 0.404. The minimum atomic E-state index is -0.670. The monoisotopic (exact) mass is 394 g/mol. The zero-order valence-corrected chi connectivity index (χ0v) is 15.4. The Balaban J connectivity index is 1.57. The number of nitrogens with one attached hydrogen (secondary N) is 2. The number of amides is 2. The van der Waals surface area contributed by atoms with E-state index < -0.39 is 24.4 Å². The third-order valence-corrected chi connectivity index (χ3v) is 3.58. The average Bonchev–Trinajstić information content (AvgIpc) is 3.17. The maximum atomic E-state index is 11.6. The minimum absolute atomic E-state index is 0.0446. The van der Waals surface area contributed by atoms with Gasteiger partial charge in [-0.15, -0.1) is 0 Å². The zero-order chi connectivity index (χ0) is 19.6. The molecule has 0 atom stereocenters. The molecule has 2 aromatic rings. The molecular formula is C18H19ClN2O6. The van der Waals surface area contributed by atoms with Crippen LogP contribution in [0.5, 0.6) is 5.75 Å². The van der Waals surface area contributed by atoms with E-state index in [1.807, 2.05) is 6.92 Å². The maximum absolute atomic E-state index is 11.6. The second kappa shape index (κ2) is 10.2. The van der Waals surface area contributed by atoms with E-state index in [4.69, 9.17) is 25.5 Å². The number of carbonyl (C=O) groups excluding carboxylic acids is 3. The predicted molar refractivity (Wildman–Crippen MR) is 96.2 cm³/mol. The fraction of sp³-hybridized carbons (Fsp3) is 0.278. The summed E-state index contributed by atoms with van der Waals surface area (Å²) in [5.74, 6) is -1.09. The third kappa shape index (κ3) is 7.02. The molecule has 0 unspecified atom stereocenters. The van der Waals surface area contributed by atoms with Crippen LogP contribution in [0, 0.1) is 6.92 Å². The summed E-state index contributed by atoms with van der Waals surface area (Å²) in [7, 11) is 0. The van der Waals surface area contributed by atoms with Crippen molar-refractivity contribution in [3.05, 3.63) is 52.9 Å². The number of hydrogen-bond donors (Lipinski definition) is 2. The Kier molecular flexibility index (Phi) is 7.69. The number of hydrazine groups is 1. The smallest absolute Gasteiger partial charge is 0.306 e. The fourth-order valence-corrected chi connectivity index (χ4v) is 2.25. The molecule has 0 saturated carbocycles. The number of aryl methyl sites for hydroxylation is 1. The zero-order valence-electron chi connectivity index (χ0n) is 14.6. The summed E-state index contributed by atoms with van der Waals surface area (Å²) >= 11 is 5.87. The summed E-state index contributed by atoms with van der Waals surface area (Å²) < 4.78 is 15.2. The summed E-state index contributed by atoms with van der Waals surface area (Å²) in [4.78, 5) is 34.7. The molecule has 0 aliphatic rings. The Morgan fingerprint density at radius 2 is 2.00 bits per heavy atom. The van der Waals surface area contributed by atoms with Crippen LogP contribution in [0.2, 0.25) is 5.02 Å². The van der Waals surface area contributed by atoms with Crippen LogP contribution < -0.4 is 15.6 Å². The van der Waals surface area contributed by atoms with Gasteiger partial charge >= 0.3 is 11.9 Å². The molecule has 2 N–H and O–H groups in total. The van der Waals surface area contributed by atoms with Gasteiger partial charge in [-0.1, -0.05) is 11.6 Å². The summed E-state index contributed by atoms with van der Waals surface area (Å²) in [6, 6.07) is 8.25. The molecule has 2 rings (SSSR count). The van der Waals surface area contributed by atoms with Crippen molar-refractivity contribution in [2.24, 2.45) is 0 Å². The Morgan fingerprint density at radius 3 is 2.70 bits per heavy atom. The minimum Gasteiger partial charge on any atom is -0.493 e. The van der Waals surface area contributed by atoms with Crippen molar-refractivity contribution in [3.8, 4) is 5.75 Å². The average molecular weight is 395 g/mol. The van der Waals surface area contributed by atoms with Gasteiger partial charge in [-0.3, -0.25) is 25.2 Å². The van der Waals surface area contributed by atoms with Crippen LogP contribution in [-0.4, -0.2) is 31.0 Å². The van der Waals surface area contributed by atoms with Gasteiger partial charge in [0.2, 0.25) is 0 Å². The largest absolute Gasteiger partial charge is 0.493 e. The van der Waals surface area contributed by atoms with E-state index in [1.54, 1.807) is 18.2 Å². The molecule has 0 spiro atoms. The van der Waals surface area contributed by atoms with Crippen LogP contribution >= 0.6 is 11.6 Å². The molecule has 0 radical (unpaired) electrons. The molecule has 1 aromatic carbocycles. The molecule has 0 aliphatic heterocycles. The Bertz CT molecular complexity index is 791. The Morgan fingerprint density at radius 1 is 1.19 bits per heavy atom. The van der Waals surface area contributed by atoms with Gasteiger partial charge in [0.25, 0.3) is 5.91 Å². The van der Waals surface area contributed by atoms with Crippen molar-refractivity contribution >= 4 is 29.4 Å². The van der Waals surface area contributed by atoms with Crippen molar-refractivity contribution in [1.82, 2.24) is 10.9 Å². The molecule has 0 fully saturated rings. The predicted octanol–water partition coefficient (Wildman–Crippen LogP) is 2.40. The van der Waals surface area contributed by atoms with Gasteiger partial charge in [0.15, 0.2) is 12.4 Å². The highest BCUT2D eigenvalue weighted by Gasteiger charge is 2.11. The summed E-state index contributed by atoms with van der Waals surface area (Å²) in [6.45, 7) is 1.69. The lowest BCUT2D eigenvalue weighted by Gasteiger charge is -2.09. The molecule has 9 heteroatoms. The molecule has 2 amide bonds. The van der Waals surface area contributed by atoms with Crippen molar-refractivity contribution in [2.45, 2.75) is 19.8 Å². The van der Waals surface area contributed by atoms with Gasteiger partial charge in [0.1, 0.15) is 5.75 Å². The lowest BCUT2D eigenvalue weighted by Crippen LogP contribution is -2.43. The first kappa shape index (κ1) is 20.3. The fourth-order valence-electron chi connectivity index (χ4n) is 2.02. The number of rotatable bonds is 8. The highest BCUT2D eigenvalue weighted by molar-refractivity contribution is 6.30. The van der Waals surface area contributed by atoms with E-state index in [1.165, 1.54) is 18.4 Å². The second-order valence-electron chi connectivity index (χ2n) is 5.50. The first-order valence-electron chi connectivity index (χ1n) is 8.13. The molecule has 0 saturated heterocycles. The van der Waals surface area contributed by atoms with Gasteiger partial charge in [-0.25, -0.2) is 0 Å². The van der Waals surface area contributed by atoms with Gasteiger partial charge in [0.05, 0.1) is 12.9 Å². The Hall–Kier alpha value is -3.00.